The van der Waals surface area contributed by atoms with Gasteiger partial charge in [0.15, 0.2) is 5.82 Å². The van der Waals surface area contributed by atoms with Crippen molar-refractivity contribution in [2.24, 2.45) is 0 Å². The van der Waals surface area contributed by atoms with Crippen LogP contribution in [-0.2, 0) is 22.0 Å². The Morgan fingerprint density at radius 1 is 1.07 bits per heavy atom. The summed E-state index contributed by atoms with van der Waals surface area (Å²) in [5.74, 6) is 0.255. The summed E-state index contributed by atoms with van der Waals surface area (Å²) in [4.78, 5) is 18.3. The number of hydrogen-bond acceptors (Lipinski definition) is 7. The number of aryl methyl sites for hydroxylation is 1. The fourth-order valence-electron chi connectivity index (χ4n) is 5.60. The maximum atomic E-state index is 13.1. The van der Waals surface area contributed by atoms with Crippen LogP contribution in [0.3, 0.4) is 0 Å². The van der Waals surface area contributed by atoms with Crippen LogP contribution >= 0.6 is 0 Å². The van der Waals surface area contributed by atoms with Gasteiger partial charge in [0.05, 0.1) is 29.2 Å². The van der Waals surface area contributed by atoms with E-state index < -0.39 is 15.6 Å². The summed E-state index contributed by atoms with van der Waals surface area (Å²) in [6.45, 7) is 2.60. The molecule has 1 fully saturated rings. The second-order valence-corrected chi connectivity index (χ2v) is 12.8. The van der Waals surface area contributed by atoms with Crippen LogP contribution in [0.5, 0.6) is 0 Å². The van der Waals surface area contributed by atoms with E-state index in [1.807, 2.05) is 10.7 Å². The Kier molecular flexibility index (Phi) is 8.26. The first-order chi connectivity index (χ1) is 19.7. The highest BCUT2D eigenvalue weighted by molar-refractivity contribution is 7.89. The number of para-hydroxylation sites is 1. The number of piperidine rings is 1. The Morgan fingerprint density at radius 2 is 1.78 bits per heavy atom. The van der Waals surface area contributed by atoms with Crippen LogP contribution < -0.4 is 10.9 Å². The molecule has 41 heavy (non-hydrogen) atoms. The molecule has 2 N–H and O–H groups in total. The number of benzene rings is 2. The van der Waals surface area contributed by atoms with Gasteiger partial charge < -0.3 is 15.2 Å². The Labute approximate surface area is 240 Å². The van der Waals surface area contributed by atoms with Crippen LogP contribution in [0.25, 0.3) is 10.9 Å². The van der Waals surface area contributed by atoms with E-state index in [1.54, 1.807) is 30.5 Å². The van der Waals surface area contributed by atoms with Gasteiger partial charge in [0.2, 0.25) is 10.0 Å². The smallest absolute Gasteiger partial charge is 0.261 e. The van der Waals surface area contributed by atoms with E-state index in [2.05, 4.69) is 45.5 Å². The average molecular weight is 574 g/mol. The molecule has 0 saturated carbocycles. The summed E-state index contributed by atoms with van der Waals surface area (Å²) < 4.78 is 29.0. The standard InChI is InChI=1S/C30H35N7O3S/c1-35(2)41(39,40)26-13-7-6-12-24(26)33-28-27-25(14-19-32-29(27)38)37(34-28)30(15-18-31)16-21-36(22-17-30)20-8-11-23-9-4-3-5-10-23/h3-7,9-10,12-14,19H,8,11,15-17,20-22H2,1-2H3,(H,32,38)(H,33,34). The highest BCUT2D eigenvalue weighted by Gasteiger charge is 2.39. The lowest BCUT2D eigenvalue weighted by Crippen LogP contribution is -2.46. The summed E-state index contributed by atoms with van der Waals surface area (Å²) in [7, 11) is -0.810. The first kappa shape index (κ1) is 28.5. The van der Waals surface area contributed by atoms with Crippen molar-refractivity contribution < 1.29 is 8.42 Å². The molecule has 214 valence electrons. The minimum atomic E-state index is -3.76. The number of pyridine rings is 1. The summed E-state index contributed by atoms with van der Waals surface area (Å²) >= 11 is 0. The number of hydrogen-bond donors (Lipinski definition) is 2. The quantitative estimate of drug-likeness (QED) is 0.293. The number of aromatic amines is 1. The molecule has 0 atom stereocenters. The van der Waals surface area contributed by atoms with E-state index in [1.165, 1.54) is 25.7 Å². The predicted molar refractivity (Wildman–Crippen MR) is 160 cm³/mol. The predicted octanol–water partition coefficient (Wildman–Crippen LogP) is 4.06. The molecule has 0 amide bonds. The van der Waals surface area contributed by atoms with Crippen molar-refractivity contribution >= 4 is 32.4 Å². The second kappa shape index (κ2) is 11.9. The second-order valence-electron chi connectivity index (χ2n) is 10.7. The number of aromatic nitrogens is 3. The molecule has 2 aromatic carbocycles. The molecule has 0 unspecified atom stereocenters. The summed E-state index contributed by atoms with van der Waals surface area (Å²) in [5.41, 5.74) is 1.33. The number of nitrogens with one attached hydrogen (secondary N) is 2. The summed E-state index contributed by atoms with van der Waals surface area (Å²) in [6, 6.07) is 21.2. The van der Waals surface area contributed by atoms with Crippen LogP contribution in [-0.4, -0.2) is 66.1 Å². The summed E-state index contributed by atoms with van der Waals surface area (Å²) in [6.07, 6.45) is 5.32. The molecule has 0 bridgehead atoms. The minimum Gasteiger partial charge on any atom is -0.337 e. The van der Waals surface area contributed by atoms with Crippen molar-refractivity contribution in [3.63, 3.8) is 0 Å². The lowest BCUT2D eigenvalue weighted by atomic mass is 9.84. The van der Waals surface area contributed by atoms with Gasteiger partial charge in [-0.2, -0.15) is 10.4 Å². The highest BCUT2D eigenvalue weighted by atomic mass is 32.2. The number of fused-ring (bicyclic) bond motifs is 1. The van der Waals surface area contributed by atoms with E-state index in [0.29, 0.717) is 29.4 Å². The van der Waals surface area contributed by atoms with Crippen LogP contribution in [0.15, 0.2) is 76.6 Å². The van der Waals surface area contributed by atoms with E-state index in [4.69, 9.17) is 5.10 Å². The van der Waals surface area contributed by atoms with Gasteiger partial charge in [-0.05, 0) is 56.0 Å². The van der Waals surface area contributed by atoms with Crippen molar-refractivity contribution in [2.45, 2.75) is 42.5 Å². The molecule has 2 aromatic heterocycles. The lowest BCUT2D eigenvalue weighted by Gasteiger charge is -2.41. The molecule has 1 aliphatic heterocycles. The topological polar surface area (TPSA) is 127 Å². The Hall–Kier alpha value is -3.98. The molecular formula is C30H35N7O3S. The molecule has 3 heterocycles. The van der Waals surface area contributed by atoms with E-state index >= 15 is 0 Å². The first-order valence-electron chi connectivity index (χ1n) is 13.8. The van der Waals surface area contributed by atoms with Gasteiger partial charge >= 0.3 is 0 Å². The number of rotatable bonds is 10. The third-order valence-corrected chi connectivity index (χ3v) is 9.80. The molecule has 11 heteroatoms. The Morgan fingerprint density at radius 3 is 2.49 bits per heavy atom. The molecule has 4 aromatic rings. The van der Waals surface area contributed by atoms with E-state index in [-0.39, 0.29) is 22.7 Å². The number of nitrogens with zero attached hydrogens (tertiary/aromatic N) is 5. The zero-order valence-corrected chi connectivity index (χ0v) is 24.2. The van der Waals surface area contributed by atoms with Crippen LogP contribution in [0, 0.1) is 11.3 Å². The van der Waals surface area contributed by atoms with E-state index in [9.17, 15) is 18.5 Å². The molecule has 10 nitrogen and oxygen atoms in total. The molecule has 0 aliphatic carbocycles. The first-order valence-corrected chi connectivity index (χ1v) is 15.2. The maximum absolute atomic E-state index is 13.1. The van der Waals surface area contributed by atoms with Crippen LogP contribution in [0.2, 0.25) is 0 Å². The van der Waals surface area contributed by atoms with Crippen LogP contribution in [0.4, 0.5) is 11.5 Å². The Balaban J connectivity index is 1.44. The lowest BCUT2D eigenvalue weighted by molar-refractivity contribution is 0.105. The molecule has 1 saturated heterocycles. The maximum Gasteiger partial charge on any atom is 0.261 e. The minimum absolute atomic E-state index is 0.0793. The molecule has 1 aliphatic rings. The molecular weight excluding hydrogens is 538 g/mol. The van der Waals surface area contributed by atoms with Crippen molar-refractivity contribution in [1.29, 1.82) is 5.26 Å². The highest BCUT2D eigenvalue weighted by Crippen LogP contribution is 2.38. The number of sulfonamides is 1. The number of H-pyrrole nitrogens is 1. The van der Waals surface area contributed by atoms with E-state index in [0.717, 1.165) is 36.8 Å². The van der Waals surface area contributed by atoms with Gasteiger partial charge in [-0.1, -0.05) is 42.5 Å². The largest absolute Gasteiger partial charge is 0.337 e. The van der Waals surface area contributed by atoms with Crippen molar-refractivity contribution in [3.8, 4) is 6.07 Å². The van der Waals surface area contributed by atoms with Crippen molar-refractivity contribution in [2.75, 3.05) is 39.0 Å². The Bertz CT molecular complexity index is 1710. The third kappa shape index (κ3) is 5.77. The van der Waals surface area contributed by atoms with Gasteiger partial charge in [-0.15, -0.1) is 0 Å². The van der Waals surface area contributed by atoms with Gasteiger partial charge in [-0.3, -0.25) is 9.48 Å². The zero-order valence-electron chi connectivity index (χ0n) is 23.4. The number of likely N-dealkylation sites (tertiary alicyclic amines) is 1. The fourth-order valence-corrected chi connectivity index (χ4v) is 6.64. The van der Waals surface area contributed by atoms with Gasteiger partial charge in [0.1, 0.15) is 10.3 Å². The monoisotopic (exact) mass is 573 g/mol. The van der Waals surface area contributed by atoms with Gasteiger partial charge in [-0.25, -0.2) is 12.7 Å². The SMILES string of the molecule is CN(C)S(=O)(=O)c1ccccc1Nc1nn(C2(CC#N)CCN(CCCc3ccccc3)CC2)c2cc[nH]c(=O)c12. The average Bonchev–Trinajstić information content (AvgIpc) is 3.35. The molecule has 5 rings (SSSR count). The molecule has 0 radical (unpaired) electrons. The molecule has 0 spiro atoms. The summed E-state index contributed by atoms with van der Waals surface area (Å²) in [5, 5.41) is 18.2. The fraction of sp³-hybridized carbons (Fsp3) is 0.367. The third-order valence-electron chi connectivity index (χ3n) is 7.93. The van der Waals surface area contributed by atoms with Crippen molar-refractivity contribution in [3.05, 3.63) is 82.8 Å². The number of anilines is 2. The normalized spacial score (nSPS) is 15.7. The van der Waals surface area contributed by atoms with Gasteiger partial charge in [0, 0.05) is 33.4 Å². The van der Waals surface area contributed by atoms with Crippen LogP contribution in [0.1, 0.15) is 31.2 Å². The van der Waals surface area contributed by atoms with Crippen molar-refractivity contribution in [1.82, 2.24) is 24.0 Å². The number of nitriles is 1. The van der Waals surface area contributed by atoms with Gasteiger partial charge in [0.25, 0.3) is 5.56 Å². The zero-order chi connectivity index (χ0) is 29.0.